The van der Waals surface area contributed by atoms with Gasteiger partial charge in [-0.3, -0.25) is 0 Å². The first-order valence-corrected chi connectivity index (χ1v) is 4.96. The zero-order valence-corrected chi connectivity index (χ0v) is 9.16. The summed E-state index contributed by atoms with van der Waals surface area (Å²) >= 11 is 0. The monoisotopic (exact) mass is 199 g/mol. The van der Waals surface area contributed by atoms with Gasteiger partial charge < -0.3 is 4.42 Å². The maximum Gasteiger partial charge on any atom is 0.134 e. The first kappa shape index (κ1) is 9.79. The number of aryl methyl sites for hydroxylation is 1. The van der Waals surface area contributed by atoms with Crippen LogP contribution in [0.15, 0.2) is 28.7 Å². The molecule has 2 aromatic rings. The minimum absolute atomic E-state index is 0.566. The fraction of sp³-hybridized carbons (Fsp3) is 0.308. The van der Waals surface area contributed by atoms with Crippen LogP contribution in [0.1, 0.15) is 25.2 Å². The Morgan fingerprint density at radius 1 is 1.27 bits per heavy atom. The summed E-state index contributed by atoms with van der Waals surface area (Å²) < 4.78 is 5.73. The van der Waals surface area contributed by atoms with Gasteiger partial charge >= 0.3 is 0 Å². The highest BCUT2D eigenvalue weighted by Crippen LogP contribution is 2.33. The zero-order chi connectivity index (χ0) is 11.1. The van der Waals surface area contributed by atoms with Crippen LogP contribution in [0.2, 0.25) is 0 Å². The van der Waals surface area contributed by atoms with E-state index in [-0.39, 0.29) is 0 Å². The molecule has 0 amide bonds. The summed E-state index contributed by atoms with van der Waals surface area (Å²) in [5, 5.41) is 10.2. The zero-order valence-electron chi connectivity index (χ0n) is 9.16. The number of nitriles is 1. The molecule has 0 N–H and O–H groups in total. The average molecular weight is 199 g/mol. The third-order valence-corrected chi connectivity index (χ3v) is 2.69. The molecular weight excluding hydrogens is 186 g/mol. The van der Waals surface area contributed by atoms with Gasteiger partial charge in [0.25, 0.3) is 0 Å². The minimum atomic E-state index is -0.566. The lowest BCUT2D eigenvalue weighted by Crippen LogP contribution is -2.13. The van der Waals surface area contributed by atoms with E-state index < -0.39 is 5.41 Å². The summed E-state index contributed by atoms with van der Waals surface area (Å²) in [6.45, 7) is 5.75. The molecule has 1 aromatic heterocycles. The van der Waals surface area contributed by atoms with Crippen molar-refractivity contribution in [1.82, 2.24) is 0 Å². The Kier molecular flexibility index (Phi) is 2.04. The highest BCUT2D eigenvalue weighted by Gasteiger charge is 2.27. The highest BCUT2D eigenvalue weighted by atomic mass is 16.3. The van der Waals surface area contributed by atoms with Crippen molar-refractivity contribution in [3.05, 3.63) is 35.6 Å². The van der Waals surface area contributed by atoms with Crippen LogP contribution in [-0.2, 0) is 5.41 Å². The van der Waals surface area contributed by atoms with Crippen molar-refractivity contribution in [2.75, 3.05) is 0 Å². The summed E-state index contributed by atoms with van der Waals surface area (Å²) in [5.74, 6) is 0.770. The number of hydrogen-bond donors (Lipinski definition) is 0. The van der Waals surface area contributed by atoms with Crippen LogP contribution >= 0.6 is 0 Å². The standard InChI is InChI=1S/C13H13NO/c1-9-10-6-4-5-7-11(10)15-12(9)13(2,3)8-14/h4-7H,1-3H3. The fourth-order valence-electron chi connectivity index (χ4n) is 1.82. The van der Waals surface area contributed by atoms with Gasteiger partial charge in [0.2, 0.25) is 0 Å². The molecule has 76 valence electrons. The highest BCUT2D eigenvalue weighted by molar-refractivity contribution is 5.82. The van der Waals surface area contributed by atoms with E-state index in [1.54, 1.807) is 0 Å². The molecule has 1 aromatic carbocycles. The van der Waals surface area contributed by atoms with Crippen LogP contribution in [0.5, 0.6) is 0 Å². The molecule has 2 heteroatoms. The average Bonchev–Trinajstić information content (AvgIpc) is 2.58. The van der Waals surface area contributed by atoms with Crippen molar-refractivity contribution in [2.45, 2.75) is 26.2 Å². The summed E-state index contributed by atoms with van der Waals surface area (Å²) in [7, 11) is 0. The molecule has 0 radical (unpaired) electrons. The first-order valence-electron chi connectivity index (χ1n) is 4.96. The van der Waals surface area contributed by atoms with E-state index in [0.29, 0.717) is 0 Å². The van der Waals surface area contributed by atoms with Crippen molar-refractivity contribution < 1.29 is 4.42 Å². The van der Waals surface area contributed by atoms with Crippen LogP contribution in [0, 0.1) is 18.3 Å². The van der Waals surface area contributed by atoms with E-state index in [2.05, 4.69) is 6.07 Å². The molecule has 0 aliphatic heterocycles. The minimum Gasteiger partial charge on any atom is -0.459 e. The molecule has 2 rings (SSSR count). The molecule has 0 saturated heterocycles. The number of fused-ring (bicyclic) bond motifs is 1. The summed E-state index contributed by atoms with van der Waals surface area (Å²) in [6.07, 6.45) is 0. The summed E-state index contributed by atoms with van der Waals surface area (Å²) in [6, 6.07) is 10.1. The lowest BCUT2D eigenvalue weighted by molar-refractivity contribution is 0.466. The van der Waals surface area contributed by atoms with Crippen LogP contribution in [0.25, 0.3) is 11.0 Å². The normalized spacial score (nSPS) is 11.6. The number of nitrogens with zero attached hydrogens (tertiary/aromatic N) is 1. The van der Waals surface area contributed by atoms with Crippen molar-refractivity contribution in [2.24, 2.45) is 0 Å². The van der Waals surface area contributed by atoms with E-state index >= 15 is 0 Å². The largest absolute Gasteiger partial charge is 0.459 e. The van der Waals surface area contributed by atoms with Crippen molar-refractivity contribution in [1.29, 1.82) is 5.26 Å². The number of furan rings is 1. The Morgan fingerprint density at radius 3 is 2.53 bits per heavy atom. The second-order valence-corrected chi connectivity index (χ2v) is 4.29. The van der Waals surface area contributed by atoms with Crippen LogP contribution in [0.4, 0.5) is 0 Å². The second kappa shape index (κ2) is 3.13. The maximum absolute atomic E-state index is 9.09. The fourth-order valence-corrected chi connectivity index (χ4v) is 1.82. The van der Waals surface area contributed by atoms with E-state index in [1.165, 1.54) is 0 Å². The SMILES string of the molecule is Cc1c(C(C)(C)C#N)oc2ccccc12. The quantitative estimate of drug-likeness (QED) is 0.704. The van der Waals surface area contributed by atoms with E-state index in [1.807, 2.05) is 45.0 Å². The number of para-hydroxylation sites is 1. The predicted molar refractivity (Wildman–Crippen MR) is 59.6 cm³/mol. The smallest absolute Gasteiger partial charge is 0.134 e. The number of rotatable bonds is 1. The third-order valence-electron chi connectivity index (χ3n) is 2.69. The molecule has 0 aliphatic rings. The molecule has 0 atom stereocenters. The van der Waals surface area contributed by atoms with Gasteiger partial charge in [0.15, 0.2) is 0 Å². The molecule has 0 bridgehead atoms. The Hall–Kier alpha value is -1.75. The van der Waals surface area contributed by atoms with Crippen molar-refractivity contribution in [3.8, 4) is 6.07 Å². The molecule has 0 aliphatic carbocycles. The van der Waals surface area contributed by atoms with Crippen LogP contribution in [0.3, 0.4) is 0 Å². The van der Waals surface area contributed by atoms with Crippen LogP contribution < -0.4 is 0 Å². The molecule has 0 spiro atoms. The van der Waals surface area contributed by atoms with Gasteiger partial charge in [0.05, 0.1) is 6.07 Å². The molecule has 2 nitrogen and oxygen atoms in total. The third kappa shape index (κ3) is 1.41. The van der Waals surface area contributed by atoms with E-state index in [9.17, 15) is 0 Å². The van der Waals surface area contributed by atoms with Gasteiger partial charge in [0, 0.05) is 5.39 Å². The summed E-state index contributed by atoms with van der Waals surface area (Å²) in [5.41, 5.74) is 1.36. The number of hydrogen-bond acceptors (Lipinski definition) is 2. The number of benzene rings is 1. The van der Waals surface area contributed by atoms with Gasteiger partial charge in [-0.25, -0.2) is 0 Å². The Labute approximate surface area is 89.1 Å². The molecule has 1 heterocycles. The maximum atomic E-state index is 9.09. The van der Waals surface area contributed by atoms with E-state index in [4.69, 9.17) is 9.68 Å². The van der Waals surface area contributed by atoms with Gasteiger partial charge in [-0.05, 0) is 32.4 Å². The molecule has 15 heavy (non-hydrogen) atoms. The lowest BCUT2D eigenvalue weighted by atomic mass is 9.89. The predicted octanol–water partition coefficient (Wildman–Crippen LogP) is 3.54. The summed E-state index contributed by atoms with van der Waals surface area (Å²) in [4.78, 5) is 0. The van der Waals surface area contributed by atoms with Crippen molar-refractivity contribution >= 4 is 11.0 Å². The van der Waals surface area contributed by atoms with Crippen molar-refractivity contribution in [3.63, 3.8) is 0 Å². The molecule has 0 fully saturated rings. The topological polar surface area (TPSA) is 36.9 Å². The Balaban J connectivity index is 2.75. The lowest BCUT2D eigenvalue weighted by Gasteiger charge is -2.12. The molecule has 0 unspecified atom stereocenters. The van der Waals surface area contributed by atoms with Gasteiger partial charge in [0.1, 0.15) is 16.8 Å². The van der Waals surface area contributed by atoms with E-state index in [0.717, 1.165) is 22.3 Å². The Morgan fingerprint density at radius 2 is 1.93 bits per heavy atom. The first-order chi connectivity index (χ1) is 7.06. The Bertz CT molecular complexity index is 543. The molecule has 0 saturated carbocycles. The second-order valence-electron chi connectivity index (χ2n) is 4.29. The molecular formula is C13H13NO. The van der Waals surface area contributed by atoms with Crippen LogP contribution in [-0.4, -0.2) is 0 Å². The van der Waals surface area contributed by atoms with Gasteiger partial charge in [-0.2, -0.15) is 5.26 Å². The van der Waals surface area contributed by atoms with Gasteiger partial charge in [-0.15, -0.1) is 0 Å². The van der Waals surface area contributed by atoms with Gasteiger partial charge in [-0.1, -0.05) is 18.2 Å².